The van der Waals surface area contributed by atoms with Gasteiger partial charge in [-0.05, 0) is 23.6 Å². The van der Waals surface area contributed by atoms with E-state index in [0.29, 0.717) is 26.1 Å². The molecule has 0 saturated carbocycles. The summed E-state index contributed by atoms with van der Waals surface area (Å²) in [5.74, 6) is 0.203. The highest BCUT2D eigenvalue weighted by Crippen LogP contribution is 2.23. The van der Waals surface area contributed by atoms with Crippen molar-refractivity contribution in [3.8, 4) is 0 Å². The van der Waals surface area contributed by atoms with Crippen molar-refractivity contribution in [1.82, 2.24) is 9.88 Å². The molecule has 4 nitrogen and oxygen atoms in total. The first-order chi connectivity index (χ1) is 12.3. The highest BCUT2D eigenvalue weighted by molar-refractivity contribution is 5.84. The number of nitrogens with zero attached hydrogens (tertiary/aromatic N) is 1. The van der Waals surface area contributed by atoms with E-state index in [1.165, 1.54) is 10.9 Å². The molecule has 1 saturated heterocycles. The standard InChI is InChI=1S/C21H22N2O2/c24-21(11-10-17-14-22-19-9-5-4-8-18(17)19)23-12-13-25-20(15-23)16-6-2-1-3-7-16/h1-9,14,20,22H,10-13,15H2. The van der Waals surface area contributed by atoms with E-state index in [2.05, 4.69) is 29.2 Å². The number of carbonyl (C=O) groups is 1. The van der Waals surface area contributed by atoms with Gasteiger partial charge in [0.05, 0.1) is 13.2 Å². The Morgan fingerprint density at radius 3 is 2.80 bits per heavy atom. The smallest absolute Gasteiger partial charge is 0.223 e. The molecule has 25 heavy (non-hydrogen) atoms. The van der Waals surface area contributed by atoms with Gasteiger partial charge < -0.3 is 14.6 Å². The molecule has 1 fully saturated rings. The number of aromatic amines is 1. The summed E-state index contributed by atoms with van der Waals surface area (Å²) in [6, 6.07) is 18.4. The van der Waals surface area contributed by atoms with Crippen molar-refractivity contribution in [3.63, 3.8) is 0 Å². The van der Waals surface area contributed by atoms with Crippen molar-refractivity contribution in [2.24, 2.45) is 0 Å². The Kier molecular flexibility index (Phi) is 4.53. The average Bonchev–Trinajstić information content (AvgIpc) is 3.10. The number of para-hydroxylation sites is 1. The van der Waals surface area contributed by atoms with Gasteiger partial charge in [-0.2, -0.15) is 0 Å². The van der Waals surface area contributed by atoms with Crippen LogP contribution in [0.5, 0.6) is 0 Å². The van der Waals surface area contributed by atoms with Crippen LogP contribution in [0.15, 0.2) is 60.8 Å². The Balaban J connectivity index is 1.39. The lowest BCUT2D eigenvalue weighted by molar-refractivity contribution is -0.139. The van der Waals surface area contributed by atoms with Gasteiger partial charge in [-0.3, -0.25) is 4.79 Å². The SMILES string of the molecule is O=C(CCc1c[nH]c2ccccc12)N1CCOC(c2ccccc2)C1. The van der Waals surface area contributed by atoms with Crippen LogP contribution < -0.4 is 0 Å². The normalized spacial score (nSPS) is 17.8. The van der Waals surface area contributed by atoms with Crippen molar-refractivity contribution in [2.75, 3.05) is 19.7 Å². The number of ether oxygens (including phenoxy) is 1. The number of H-pyrrole nitrogens is 1. The fraction of sp³-hybridized carbons (Fsp3) is 0.286. The summed E-state index contributed by atoms with van der Waals surface area (Å²) in [5.41, 5.74) is 3.47. The van der Waals surface area contributed by atoms with Crippen molar-refractivity contribution in [3.05, 3.63) is 71.9 Å². The van der Waals surface area contributed by atoms with E-state index in [1.54, 1.807) is 0 Å². The second kappa shape index (κ2) is 7.11. The third-order valence-corrected chi connectivity index (χ3v) is 4.87. The molecule has 1 unspecified atom stereocenters. The molecule has 128 valence electrons. The zero-order chi connectivity index (χ0) is 17.1. The molecule has 4 rings (SSSR count). The summed E-state index contributed by atoms with van der Waals surface area (Å²) in [5, 5.41) is 1.21. The molecule has 1 amide bonds. The van der Waals surface area contributed by atoms with E-state index >= 15 is 0 Å². The molecule has 1 atom stereocenters. The predicted molar refractivity (Wildman–Crippen MR) is 98.3 cm³/mol. The molecule has 0 radical (unpaired) electrons. The van der Waals surface area contributed by atoms with Crippen LogP contribution in [0.3, 0.4) is 0 Å². The zero-order valence-corrected chi connectivity index (χ0v) is 14.2. The van der Waals surface area contributed by atoms with Crippen molar-refractivity contribution in [1.29, 1.82) is 0 Å². The minimum absolute atomic E-state index is 0.0213. The summed E-state index contributed by atoms with van der Waals surface area (Å²) in [6.07, 6.45) is 3.29. The molecule has 0 bridgehead atoms. The molecule has 3 aromatic rings. The highest BCUT2D eigenvalue weighted by Gasteiger charge is 2.25. The molecule has 1 aliphatic heterocycles. The molecule has 1 aliphatic rings. The lowest BCUT2D eigenvalue weighted by Crippen LogP contribution is -2.42. The lowest BCUT2D eigenvalue weighted by atomic mass is 10.1. The third kappa shape index (κ3) is 3.44. The molecule has 4 heteroatoms. The van der Waals surface area contributed by atoms with Crippen LogP contribution >= 0.6 is 0 Å². The fourth-order valence-corrected chi connectivity index (χ4v) is 3.48. The minimum Gasteiger partial charge on any atom is -0.370 e. The first-order valence-corrected chi connectivity index (χ1v) is 8.80. The summed E-state index contributed by atoms with van der Waals surface area (Å²) >= 11 is 0. The van der Waals surface area contributed by atoms with Gasteiger partial charge in [-0.15, -0.1) is 0 Å². The topological polar surface area (TPSA) is 45.3 Å². The molecule has 1 N–H and O–H groups in total. The molecule has 2 heterocycles. The van der Waals surface area contributed by atoms with Gasteiger partial charge in [0.25, 0.3) is 0 Å². The number of morpholine rings is 1. The number of hydrogen-bond acceptors (Lipinski definition) is 2. The van der Waals surface area contributed by atoms with Crippen LogP contribution in [0.25, 0.3) is 10.9 Å². The van der Waals surface area contributed by atoms with Gasteiger partial charge >= 0.3 is 0 Å². The summed E-state index contributed by atoms with van der Waals surface area (Å²) in [4.78, 5) is 17.9. The van der Waals surface area contributed by atoms with E-state index in [0.717, 1.165) is 17.5 Å². The summed E-state index contributed by atoms with van der Waals surface area (Å²) < 4.78 is 5.85. The first kappa shape index (κ1) is 15.9. The van der Waals surface area contributed by atoms with E-state index in [4.69, 9.17) is 4.74 Å². The maximum absolute atomic E-state index is 12.7. The summed E-state index contributed by atoms with van der Waals surface area (Å²) in [6.45, 7) is 1.91. The van der Waals surface area contributed by atoms with Gasteiger partial charge in [0.1, 0.15) is 6.10 Å². The Bertz CT molecular complexity index is 856. The fourth-order valence-electron chi connectivity index (χ4n) is 3.48. The van der Waals surface area contributed by atoms with Gasteiger partial charge in [0.15, 0.2) is 0 Å². The Morgan fingerprint density at radius 2 is 1.92 bits per heavy atom. The predicted octanol–water partition coefficient (Wildman–Crippen LogP) is 3.70. The van der Waals surface area contributed by atoms with Crippen LogP contribution in [0.1, 0.15) is 23.7 Å². The maximum atomic E-state index is 12.7. The molecule has 0 aliphatic carbocycles. The monoisotopic (exact) mass is 334 g/mol. The van der Waals surface area contributed by atoms with Crippen LogP contribution in [-0.4, -0.2) is 35.5 Å². The van der Waals surface area contributed by atoms with E-state index < -0.39 is 0 Å². The third-order valence-electron chi connectivity index (χ3n) is 4.87. The molecule has 1 aromatic heterocycles. The van der Waals surface area contributed by atoms with Crippen LogP contribution in [-0.2, 0) is 16.0 Å². The second-order valence-electron chi connectivity index (χ2n) is 6.47. The first-order valence-electron chi connectivity index (χ1n) is 8.80. The summed E-state index contributed by atoms with van der Waals surface area (Å²) in [7, 11) is 0. The maximum Gasteiger partial charge on any atom is 0.223 e. The number of rotatable bonds is 4. The molecular formula is C21H22N2O2. The zero-order valence-electron chi connectivity index (χ0n) is 14.2. The number of aryl methyl sites for hydroxylation is 1. The number of hydrogen-bond donors (Lipinski definition) is 1. The largest absolute Gasteiger partial charge is 0.370 e. The molecule has 2 aromatic carbocycles. The van der Waals surface area contributed by atoms with Crippen molar-refractivity contribution < 1.29 is 9.53 Å². The number of benzene rings is 2. The number of aromatic nitrogens is 1. The number of fused-ring (bicyclic) bond motifs is 1. The second-order valence-corrected chi connectivity index (χ2v) is 6.47. The Labute approximate surface area is 147 Å². The molecule has 0 spiro atoms. The van der Waals surface area contributed by atoms with Gasteiger partial charge in [-0.1, -0.05) is 48.5 Å². The van der Waals surface area contributed by atoms with Gasteiger partial charge in [-0.25, -0.2) is 0 Å². The Morgan fingerprint density at radius 1 is 1.12 bits per heavy atom. The van der Waals surface area contributed by atoms with E-state index in [9.17, 15) is 4.79 Å². The highest BCUT2D eigenvalue weighted by atomic mass is 16.5. The number of nitrogens with one attached hydrogen (secondary N) is 1. The van der Waals surface area contributed by atoms with E-state index in [-0.39, 0.29) is 12.0 Å². The van der Waals surface area contributed by atoms with Crippen molar-refractivity contribution in [2.45, 2.75) is 18.9 Å². The lowest BCUT2D eigenvalue weighted by Gasteiger charge is -2.33. The van der Waals surface area contributed by atoms with Crippen molar-refractivity contribution >= 4 is 16.8 Å². The molecular weight excluding hydrogens is 312 g/mol. The minimum atomic E-state index is -0.0213. The van der Waals surface area contributed by atoms with E-state index in [1.807, 2.05) is 41.4 Å². The quantitative estimate of drug-likeness (QED) is 0.791. The number of carbonyl (C=O) groups excluding carboxylic acids is 1. The average molecular weight is 334 g/mol. The number of amides is 1. The van der Waals surface area contributed by atoms with Gasteiger partial charge in [0.2, 0.25) is 5.91 Å². The van der Waals surface area contributed by atoms with Crippen LogP contribution in [0.2, 0.25) is 0 Å². The van der Waals surface area contributed by atoms with Crippen LogP contribution in [0, 0.1) is 0 Å². The van der Waals surface area contributed by atoms with Crippen LogP contribution in [0.4, 0.5) is 0 Å². The van der Waals surface area contributed by atoms with Gasteiger partial charge in [0, 0.05) is 30.1 Å². The Hall–Kier alpha value is -2.59.